The molecular formula is C13H10F3N3O3S. The Morgan fingerprint density at radius 3 is 1.78 bits per heavy atom. The van der Waals surface area contributed by atoms with Crippen LogP contribution in [0.4, 0.5) is 30.2 Å². The Labute approximate surface area is 129 Å². The molecule has 6 nitrogen and oxygen atoms in total. The third-order valence-corrected chi connectivity index (χ3v) is 2.90. The summed E-state index contributed by atoms with van der Waals surface area (Å²) in [5.41, 5.74) is -3.10. The highest BCUT2D eigenvalue weighted by atomic mass is 32.2. The van der Waals surface area contributed by atoms with Crippen LogP contribution in [0.2, 0.25) is 0 Å². The highest BCUT2D eigenvalue weighted by molar-refractivity contribution is 7.86. The predicted octanol–water partition coefficient (Wildman–Crippen LogP) is 3.97. The Hall–Kier alpha value is -2.64. The molecule has 0 radical (unpaired) electrons. The van der Waals surface area contributed by atoms with Crippen LogP contribution in [-0.2, 0) is 10.1 Å². The molecule has 122 valence electrons. The molecule has 0 heterocycles. The summed E-state index contributed by atoms with van der Waals surface area (Å²) in [5.74, 6) is 0. The molecular weight excluding hydrogens is 335 g/mol. The molecule has 0 bridgehead atoms. The Morgan fingerprint density at radius 2 is 1.39 bits per heavy atom. The van der Waals surface area contributed by atoms with Crippen LogP contribution in [0.1, 0.15) is 0 Å². The number of anilines is 2. The van der Waals surface area contributed by atoms with Gasteiger partial charge in [-0.3, -0.25) is 0 Å². The van der Waals surface area contributed by atoms with Crippen LogP contribution in [0, 0.1) is 5.39 Å². The topological polar surface area (TPSA) is 97.4 Å². The summed E-state index contributed by atoms with van der Waals surface area (Å²) in [6.07, 6.45) is 0. The van der Waals surface area contributed by atoms with Gasteiger partial charge in [0, 0.05) is 23.5 Å². The SMILES string of the molecule is N#[N+]c1ccc(Nc2ccccc2)cc1.O=S(=O)([O-])C(F)(F)F. The summed E-state index contributed by atoms with van der Waals surface area (Å²) in [6.45, 7) is 0. The van der Waals surface area contributed by atoms with Gasteiger partial charge in [0.15, 0.2) is 15.1 Å². The Balaban J connectivity index is 0.000000284. The van der Waals surface area contributed by atoms with Gasteiger partial charge in [-0.15, -0.1) is 0 Å². The van der Waals surface area contributed by atoms with Gasteiger partial charge in [0.1, 0.15) is 0 Å². The molecule has 0 saturated carbocycles. The number of alkyl halides is 3. The van der Waals surface area contributed by atoms with E-state index in [2.05, 4.69) is 10.3 Å². The summed E-state index contributed by atoms with van der Waals surface area (Å²) in [6, 6.07) is 17.1. The fraction of sp³-hybridized carbons (Fsp3) is 0.0769. The highest BCUT2D eigenvalue weighted by Crippen LogP contribution is 2.20. The van der Waals surface area contributed by atoms with Gasteiger partial charge in [-0.2, -0.15) is 13.2 Å². The van der Waals surface area contributed by atoms with Crippen LogP contribution in [0.5, 0.6) is 0 Å². The van der Waals surface area contributed by atoms with Gasteiger partial charge >= 0.3 is 11.2 Å². The van der Waals surface area contributed by atoms with Crippen molar-refractivity contribution in [1.29, 1.82) is 5.39 Å². The zero-order valence-electron chi connectivity index (χ0n) is 11.4. The first-order valence-corrected chi connectivity index (χ1v) is 7.33. The predicted molar refractivity (Wildman–Crippen MR) is 76.7 cm³/mol. The van der Waals surface area contributed by atoms with E-state index in [-0.39, 0.29) is 0 Å². The van der Waals surface area contributed by atoms with Gasteiger partial charge in [-0.1, -0.05) is 18.2 Å². The average molecular weight is 345 g/mol. The lowest BCUT2D eigenvalue weighted by atomic mass is 10.2. The largest absolute Gasteiger partial charge is 0.741 e. The molecule has 10 heteroatoms. The zero-order chi connectivity index (χ0) is 17.5. The van der Waals surface area contributed by atoms with Gasteiger partial charge in [-0.25, -0.2) is 8.42 Å². The summed E-state index contributed by atoms with van der Waals surface area (Å²) in [5, 5.41) is 11.8. The Kier molecular flexibility index (Phi) is 6.06. The van der Waals surface area contributed by atoms with Gasteiger partial charge in [0.2, 0.25) is 5.39 Å². The fourth-order valence-corrected chi connectivity index (χ4v) is 1.30. The second kappa shape index (κ2) is 7.57. The van der Waals surface area contributed by atoms with Crippen LogP contribution >= 0.6 is 0 Å². The van der Waals surface area contributed by atoms with E-state index < -0.39 is 15.6 Å². The molecule has 0 aliphatic heterocycles. The maximum absolute atomic E-state index is 10.7. The number of benzene rings is 2. The van der Waals surface area contributed by atoms with E-state index in [4.69, 9.17) is 18.4 Å². The number of nitrogens with one attached hydrogen (secondary N) is 1. The first kappa shape index (κ1) is 18.4. The van der Waals surface area contributed by atoms with Crippen LogP contribution in [0.3, 0.4) is 0 Å². The number of rotatable bonds is 2. The van der Waals surface area contributed by atoms with E-state index in [1.807, 2.05) is 42.5 Å². The Morgan fingerprint density at radius 1 is 0.957 bits per heavy atom. The van der Waals surface area contributed by atoms with Crippen LogP contribution in [0.25, 0.3) is 4.98 Å². The van der Waals surface area contributed by atoms with Crippen molar-refractivity contribution < 1.29 is 26.1 Å². The lowest BCUT2D eigenvalue weighted by molar-refractivity contribution is -0.0517. The third kappa shape index (κ3) is 6.33. The van der Waals surface area contributed by atoms with Crippen LogP contribution < -0.4 is 5.32 Å². The molecule has 0 aliphatic rings. The minimum atomic E-state index is -6.09. The average Bonchev–Trinajstić information content (AvgIpc) is 2.48. The molecule has 0 amide bonds. The van der Waals surface area contributed by atoms with Crippen molar-refractivity contribution in [2.24, 2.45) is 0 Å². The van der Waals surface area contributed by atoms with Crippen LogP contribution in [0.15, 0.2) is 54.6 Å². The van der Waals surface area contributed by atoms with Gasteiger partial charge in [0.25, 0.3) is 0 Å². The van der Waals surface area contributed by atoms with Gasteiger partial charge in [-0.05, 0) is 24.3 Å². The molecule has 0 unspecified atom stereocenters. The zero-order valence-corrected chi connectivity index (χ0v) is 12.2. The van der Waals surface area contributed by atoms with Crippen molar-refractivity contribution in [3.63, 3.8) is 0 Å². The molecule has 0 aromatic heterocycles. The van der Waals surface area contributed by atoms with E-state index in [1.54, 1.807) is 12.1 Å². The van der Waals surface area contributed by atoms with Gasteiger partial charge in [0.05, 0.1) is 0 Å². The first-order chi connectivity index (χ1) is 10.6. The fourth-order valence-electron chi connectivity index (χ4n) is 1.30. The number of diazo groups is 1. The number of nitrogens with zero attached hydrogens (tertiary/aromatic N) is 2. The highest BCUT2D eigenvalue weighted by Gasteiger charge is 2.36. The summed E-state index contributed by atoms with van der Waals surface area (Å²) in [7, 11) is -6.09. The van der Waals surface area contributed by atoms with E-state index in [1.165, 1.54) is 0 Å². The number of halogens is 3. The van der Waals surface area contributed by atoms with Gasteiger partial charge < -0.3 is 9.87 Å². The molecule has 2 aromatic carbocycles. The second-order valence-corrected chi connectivity index (χ2v) is 5.41. The molecule has 0 spiro atoms. The van der Waals surface area contributed by atoms with Crippen molar-refractivity contribution in [2.75, 3.05) is 5.32 Å². The lowest BCUT2D eigenvalue weighted by Gasteiger charge is -2.08. The number of para-hydroxylation sites is 1. The van der Waals surface area contributed by atoms with Crippen molar-refractivity contribution in [2.45, 2.75) is 5.51 Å². The van der Waals surface area contributed by atoms with E-state index >= 15 is 0 Å². The molecule has 23 heavy (non-hydrogen) atoms. The first-order valence-electron chi connectivity index (χ1n) is 5.93. The monoisotopic (exact) mass is 345 g/mol. The summed E-state index contributed by atoms with van der Waals surface area (Å²) in [4.78, 5) is 3.09. The smallest absolute Gasteiger partial charge is 0.485 e. The van der Waals surface area contributed by atoms with Crippen molar-refractivity contribution >= 4 is 27.2 Å². The molecule has 2 aromatic rings. The minimum absolute atomic E-state index is 0.550. The van der Waals surface area contributed by atoms with Crippen molar-refractivity contribution in [3.05, 3.63) is 59.6 Å². The second-order valence-electron chi connectivity index (χ2n) is 4.04. The van der Waals surface area contributed by atoms with E-state index in [0.717, 1.165) is 11.4 Å². The quantitative estimate of drug-likeness (QED) is 0.505. The van der Waals surface area contributed by atoms with Crippen molar-refractivity contribution in [1.82, 2.24) is 0 Å². The summed E-state index contributed by atoms with van der Waals surface area (Å²) < 4.78 is 58.9. The normalized spacial score (nSPS) is 10.9. The standard InChI is InChI=1S/C12H10N3.CHF3O3S/c13-15-12-8-6-11(7-9-12)14-10-4-2-1-3-5-10;2-1(3,4)8(5,6)7/h1-9,14H;(H,5,6,7)/q+1;/p-1. The lowest BCUT2D eigenvalue weighted by Crippen LogP contribution is -2.21. The molecule has 0 saturated heterocycles. The molecule has 0 atom stereocenters. The molecule has 0 aliphatic carbocycles. The molecule has 0 fully saturated rings. The van der Waals surface area contributed by atoms with Crippen LogP contribution in [-0.4, -0.2) is 18.5 Å². The van der Waals surface area contributed by atoms with Crippen molar-refractivity contribution in [3.8, 4) is 0 Å². The summed E-state index contributed by atoms with van der Waals surface area (Å²) >= 11 is 0. The van der Waals surface area contributed by atoms with E-state index in [0.29, 0.717) is 5.69 Å². The number of hydrogen-bond acceptors (Lipinski definition) is 5. The number of hydrogen-bond donors (Lipinski definition) is 1. The minimum Gasteiger partial charge on any atom is -0.741 e. The maximum atomic E-state index is 10.7. The molecule has 1 N–H and O–H groups in total. The van der Waals surface area contributed by atoms with E-state index in [9.17, 15) is 13.2 Å². The molecule has 2 rings (SSSR count). The Bertz CT molecular complexity index is 770. The maximum Gasteiger partial charge on any atom is 0.485 e. The third-order valence-electron chi connectivity index (χ3n) is 2.33.